The summed E-state index contributed by atoms with van der Waals surface area (Å²) in [6, 6.07) is 8.39. The first-order valence-electron chi connectivity index (χ1n) is 5.35. The van der Waals surface area contributed by atoms with E-state index in [1.165, 1.54) is 10.9 Å². The molecule has 0 radical (unpaired) electrons. The molecule has 0 saturated heterocycles. The quantitative estimate of drug-likeness (QED) is 0.907. The van der Waals surface area contributed by atoms with Gasteiger partial charge in [0.1, 0.15) is 5.84 Å². The normalized spacial score (nSPS) is 14.3. The predicted octanol–water partition coefficient (Wildman–Crippen LogP) is 2.83. The molecular weight excluding hydrogens is 302 g/mol. The first-order chi connectivity index (χ1) is 7.84. The molecule has 0 saturated carbocycles. The minimum absolute atomic E-state index is 0. The molecule has 1 aromatic heterocycles. The molecule has 0 amide bonds. The van der Waals surface area contributed by atoms with Crippen molar-refractivity contribution >= 4 is 45.1 Å². The van der Waals surface area contributed by atoms with Crippen LogP contribution in [-0.4, -0.2) is 23.5 Å². The van der Waals surface area contributed by atoms with Gasteiger partial charge in [0.25, 0.3) is 0 Å². The fourth-order valence-electron chi connectivity index (χ4n) is 2.06. The van der Waals surface area contributed by atoms with Crippen LogP contribution in [0.15, 0.2) is 39.9 Å². The molecule has 1 aromatic carbocycles. The first-order valence-corrected chi connectivity index (χ1v) is 6.14. The summed E-state index contributed by atoms with van der Waals surface area (Å²) in [6.07, 6.45) is 2.11. The Morgan fingerprint density at radius 3 is 3.00 bits per heavy atom. The van der Waals surface area contributed by atoms with E-state index in [0.717, 1.165) is 29.9 Å². The maximum Gasteiger partial charge on any atom is 0.117 e. The van der Waals surface area contributed by atoms with E-state index in [0.29, 0.717) is 0 Å². The molecule has 1 aliphatic rings. The van der Waals surface area contributed by atoms with Crippen molar-refractivity contribution in [3.63, 3.8) is 0 Å². The van der Waals surface area contributed by atoms with Gasteiger partial charge in [-0.3, -0.25) is 4.99 Å². The maximum atomic E-state index is 4.42. The number of hydrogen-bond acceptors (Lipinski definition) is 2. The highest BCUT2D eigenvalue weighted by molar-refractivity contribution is 9.10. The topological polar surface area (TPSA) is 29.3 Å². The zero-order valence-electron chi connectivity index (χ0n) is 9.19. The van der Waals surface area contributed by atoms with E-state index < -0.39 is 0 Å². The second-order valence-electron chi connectivity index (χ2n) is 3.88. The number of halogens is 2. The van der Waals surface area contributed by atoms with Crippen LogP contribution in [0.3, 0.4) is 0 Å². The van der Waals surface area contributed by atoms with Crippen LogP contribution in [0.5, 0.6) is 0 Å². The Bertz CT molecular complexity index is 562. The highest BCUT2D eigenvalue weighted by atomic mass is 79.9. The van der Waals surface area contributed by atoms with Crippen LogP contribution in [0.1, 0.15) is 0 Å². The van der Waals surface area contributed by atoms with Gasteiger partial charge in [0.15, 0.2) is 0 Å². The third kappa shape index (κ3) is 2.33. The molecule has 0 atom stereocenters. The summed E-state index contributed by atoms with van der Waals surface area (Å²) in [7, 11) is 0. The Hall–Kier alpha value is -1.00. The van der Waals surface area contributed by atoms with Crippen molar-refractivity contribution in [2.75, 3.05) is 13.1 Å². The van der Waals surface area contributed by atoms with Gasteiger partial charge in [-0.15, -0.1) is 12.4 Å². The molecule has 90 valence electrons. The average Bonchev–Trinajstić information content (AvgIpc) is 2.90. The SMILES string of the molecule is Brc1cccc2ccn(CC3=NCCN3)c12.Cl. The Morgan fingerprint density at radius 2 is 2.24 bits per heavy atom. The lowest BCUT2D eigenvalue weighted by atomic mass is 10.2. The van der Waals surface area contributed by atoms with Gasteiger partial charge in [0, 0.05) is 22.6 Å². The summed E-state index contributed by atoms with van der Waals surface area (Å²) in [5.41, 5.74) is 1.24. The van der Waals surface area contributed by atoms with Crippen molar-refractivity contribution in [1.29, 1.82) is 0 Å². The van der Waals surface area contributed by atoms with Crippen molar-refractivity contribution in [2.24, 2.45) is 4.99 Å². The van der Waals surface area contributed by atoms with E-state index >= 15 is 0 Å². The van der Waals surface area contributed by atoms with Gasteiger partial charge < -0.3 is 9.88 Å². The largest absolute Gasteiger partial charge is 0.370 e. The molecule has 0 fully saturated rings. The molecule has 0 aliphatic carbocycles. The smallest absolute Gasteiger partial charge is 0.117 e. The molecule has 2 heterocycles. The number of fused-ring (bicyclic) bond motifs is 1. The lowest BCUT2D eigenvalue weighted by Crippen LogP contribution is -2.23. The molecule has 0 bridgehead atoms. The van der Waals surface area contributed by atoms with Gasteiger partial charge in [0.05, 0.1) is 18.6 Å². The van der Waals surface area contributed by atoms with Crippen LogP contribution in [-0.2, 0) is 6.54 Å². The summed E-state index contributed by atoms with van der Waals surface area (Å²) >= 11 is 3.60. The van der Waals surface area contributed by atoms with Gasteiger partial charge in [0.2, 0.25) is 0 Å². The number of nitrogens with zero attached hydrogens (tertiary/aromatic N) is 2. The van der Waals surface area contributed by atoms with Crippen LogP contribution >= 0.6 is 28.3 Å². The summed E-state index contributed by atoms with van der Waals surface area (Å²) < 4.78 is 3.35. The highest BCUT2D eigenvalue weighted by Gasteiger charge is 2.09. The molecule has 5 heteroatoms. The third-order valence-corrected chi connectivity index (χ3v) is 3.44. The van der Waals surface area contributed by atoms with Crippen molar-refractivity contribution in [1.82, 2.24) is 9.88 Å². The lowest BCUT2D eigenvalue weighted by molar-refractivity contribution is 0.861. The van der Waals surface area contributed by atoms with Crippen molar-refractivity contribution in [3.8, 4) is 0 Å². The number of para-hydroxylation sites is 1. The van der Waals surface area contributed by atoms with E-state index in [-0.39, 0.29) is 12.4 Å². The predicted molar refractivity (Wildman–Crippen MR) is 77.2 cm³/mol. The van der Waals surface area contributed by atoms with Crippen molar-refractivity contribution in [3.05, 3.63) is 34.9 Å². The third-order valence-electron chi connectivity index (χ3n) is 2.80. The standard InChI is InChI=1S/C12H12BrN3.ClH/c13-10-3-1-2-9-4-7-16(12(9)10)8-11-14-5-6-15-11;/h1-4,7H,5-6,8H2,(H,14,15);1H. The van der Waals surface area contributed by atoms with Gasteiger partial charge >= 0.3 is 0 Å². The number of aliphatic imine (C=N–C) groups is 1. The highest BCUT2D eigenvalue weighted by Crippen LogP contribution is 2.24. The monoisotopic (exact) mass is 313 g/mol. The van der Waals surface area contributed by atoms with Crippen LogP contribution in [0, 0.1) is 0 Å². The van der Waals surface area contributed by atoms with Gasteiger partial charge in [-0.1, -0.05) is 12.1 Å². The second kappa shape index (κ2) is 5.10. The number of benzene rings is 1. The van der Waals surface area contributed by atoms with E-state index in [9.17, 15) is 0 Å². The molecular formula is C12H13BrClN3. The molecule has 3 rings (SSSR count). The number of aromatic nitrogens is 1. The molecule has 0 spiro atoms. The zero-order chi connectivity index (χ0) is 11.0. The van der Waals surface area contributed by atoms with Gasteiger partial charge in [-0.25, -0.2) is 0 Å². The molecule has 1 N–H and O–H groups in total. The molecule has 2 aromatic rings. The number of amidine groups is 1. The van der Waals surface area contributed by atoms with Crippen LogP contribution in [0.2, 0.25) is 0 Å². The maximum absolute atomic E-state index is 4.42. The Balaban J connectivity index is 0.00000108. The fraction of sp³-hybridized carbons (Fsp3) is 0.250. The van der Waals surface area contributed by atoms with Crippen LogP contribution in [0.4, 0.5) is 0 Å². The fourth-order valence-corrected chi connectivity index (χ4v) is 2.67. The molecule has 17 heavy (non-hydrogen) atoms. The second-order valence-corrected chi connectivity index (χ2v) is 4.73. The average molecular weight is 315 g/mol. The molecule has 1 aliphatic heterocycles. The zero-order valence-corrected chi connectivity index (χ0v) is 11.6. The Labute approximate surface area is 114 Å². The van der Waals surface area contributed by atoms with Crippen LogP contribution < -0.4 is 5.32 Å². The number of nitrogens with one attached hydrogen (secondary N) is 1. The van der Waals surface area contributed by atoms with Crippen molar-refractivity contribution in [2.45, 2.75) is 6.54 Å². The van der Waals surface area contributed by atoms with Gasteiger partial charge in [-0.2, -0.15) is 0 Å². The minimum Gasteiger partial charge on any atom is -0.370 e. The summed E-state index contributed by atoms with van der Waals surface area (Å²) in [5, 5.41) is 4.55. The van der Waals surface area contributed by atoms with Crippen LogP contribution in [0.25, 0.3) is 10.9 Å². The number of hydrogen-bond donors (Lipinski definition) is 1. The summed E-state index contributed by atoms with van der Waals surface area (Å²) in [5.74, 6) is 1.08. The van der Waals surface area contributed by atoms with E-state index in [2.05, 4.69) is 61.3 Å². The molecule has 0 unspecified atom stereocenters. The first kappa shape index (κ1) is 12.5. The lowest BCUT2D eigenvalue weighted by Gasteiger charge is -2.07. The minimum atomic E-state index is 0. The van der Waals surface area contributed by atoms with Crippen molar-refractivity contribution < 1.29 is 0 Å². The number of rotatable bonds is 2. The molecule has 3 nitrogen and oxygen atoms in total. The summed E-state index contributed by atoms with van der Waals surface area (Å²) in [4.78, 5) is 4.42. The van der Waals surface area contributed by atoms with E-state index in [1.54, 1.807) is 0 Å². The van der Waals surface area contributed by atoms with E-state index in [4.69, 9.17) is 0 Å². The van der Waals surface area contributed by atoms with E-state index in [1.807, 2.05) is 0 Å². The Morgan fingerprint density at radius 1 is 1.35 bits per heavy atom. The Kier molecular flexibility index (Phi) is 3.74. The van der Waals surface area contributed by atoms with Gasteiger partial charge in [-0.05, 0) is 28.1 Å². The summed E-state index contributed by atoms with van der Waals surface area (Å²) in [6.45, 7) is 2.69.